The van der Waals surface area contributed by atoms with Gasteiger partial charge in [0.05, 0.1) is 6.61 Å². The summed E-state index contributed by atoms with van der Waals surface area (Å²) in [6.45, 7) is 9.57. The Labute approximate surface area is 91.4 Å². The molecule has 0 unspecified atom stereocenters. The van der Waals surface area contributed by atoms with E-state index in [0.29, 0.717) is 5.92 Å². The minimum Gasteiger partial charge on any atom is -0.380 e. The Morgan fingerprint density at radius 2 is 2.33 bits per heavy atom. The molecule has 4 heteroatoms. The van der Waals surface area contributed by atoms with E-state index in [9.17, 15) is 0 Å². The monoisotopic (exact) mass is 211 g/mol. The van der Waals surface area contributed by atoms with Gasteiger partial charge in [0.25, 0.3) is 0 Å². The summed E-state index contributed by atoms with van der Waals surface area (Å²) in [6, 6.07) is 0. The van der Waals surface area contributed by atoms with Crippen LogP contribution >= 0.6 is 0 Å². The SMILES string of the molecule is Cc1ncc(CNCCOCC(C)C)[nH]1. The molecule has 86 valence electrons. The quantitative estimate of drug-likeness (QED) is 0.672. The van der Waals surface area contributed by atoms with Crippen LogP contribution < -0.4 is 5.32 Å². The van der Waals surface area contributed by atoms with Gasteiger partial charge in [-0.3, -0.25) is 0 Å². The van der Waals surface area contributed by atoms with Gasteiger partial charge < -0.3 is 15.0 Å². The van der Waals surface area contributed by atoms with Gasteiger partial charge in [0.2, 0.25) is 0 Å². The van der Waals surface area contributed by atoms with Gasteiger partial charge in [-0.1, -0.05) is 13.8 Å². The number of hydrogen-bond acceptors (Lipinski definition) is 3. The molecule has 2 N–H and O–H groups in total. The molecule has 1 heterocycles. The zero-order chi connectivity index (χ0) is 11.1. The highest BCUT2D eigenvalue weighted by atomic mass is 16.5. The number of aryl methyl sites for hydroxylation is 1. The van der Waals surface area contributed by atoms with Crippen molar-refractivity contribution in [3.8, 4) is 0 Å². The van der Waals surface area contributed by atoms with Crippen molar-refractivity contribution in [2.75, 3.05) is 19.8 Å². The third-order valence-electron chi connectivity index (χ3n) is 1.95. The minimum absolute atomic E-state index is 0.611. The van der Waals surface area contributed by atoms with Gasteiger partial charge >= 0.3 is 0 Å². The van der Waals surface area contributed by atoms with E-state index in [4.69, 9.17) is 4.74 Å². The number of imidazole rings is 1. The van der Waals surface area contributed by atoms with Crippen LogP contribution in [0, 0.1) is 12.8 Å². The number of rotatable bonds is 7. The Bertz CT molecular complexity index is 271. The Hall–Kier alpha value is -0.870. The highest BCUT2D eigenvalue weighted by Gasteiger charge is 1.96. The molecule has 1 aromatic rings. The first-order chi connectivity index (χ1) is 7.18. The summed E-state index contributed by atoms with van der Waals surface area (Å²) in [5.74, 6) is 1.57. The largest absolute Gasteiger partial charge is 0.380 e. The molecule has 4 nitrogen and oxygen atoms in total. The minimum atomic E-state index is 0.611. The number of nitrogens with zero attached hydrogens (tertiary/aromatic N) is 1. The van der Waals surface area contributed by atoms with Crippen molar-refractivity contribution in [1.29, 1.82) is 0 Å². The second-order valence-electron chi connectivity index (χ2n) is 4.14. The first-order valence-corrected chi connectivity index (χ1v) is 5.47. The van der Waals surface area contributed by atoms with Crippen LogP contribution in [0.15, 0.2) is 6.20 Å². The van der Waals surface area contributed by atoms with Gasteiger partial charge in [-0.05, 0) is 12.8 Å². The van der Waals surface area contributed by atoms with Gasteiger partial charge in [-0.25, -0.2) is 4.98 Å². The van der Waals surface area contributed by atoms with Crippen molar-refractivity contribution in [2.45, 2.75) is 27.3 Å². The van der Waals surface area contributed by atoms with E-state index in [-0.39, 0.29) is 0 Å². The topological polar surface area (TPSA) is 49.9 Å². The number of nitrogens with one attached hydrogen (secondary N) is 2. The zero-order valence-corrected chi connectivity index (χ0v) is 9.84. The fourth-order valence-electron chi connectivity index (χ4n) is 1.25. The van der Waals surface area contributed by atoms with Gasteiger partial charge in [-0.15, -0.1) is 0 Å². The molecule has 0 aliphatic heterocycles. The predicted octanol–water partition coefficient (Wildman–Crippen LogP) is 1.48. The molecule has 0 fully saturated rings. The Morgan fingerprint density at radius 3 is 2.93 bits per heavy atom. The van der Waals surface area contributed by atoms with E-state index >= 15 is 0 Å². The molecule has 0 radical (unpaired) electrons. The Kier molecular flexibility index (Phi) is 5.36. The van der Waals surface area contributed by atoms with Crippen molar-refractivity contribution in [2.24, 2.45) is 5.92 Å². The highest BCUT2D eigenvalue weighted by Crippen LogP contribution is 1.94. The summed E-state index contributed by atoms with van der Waals surface area (Å²) in [5, 5.41) is 3.29. The second-order valence-corrected chi connectivity index (χ2v) is 4.14. The number of aromatic nitrogens is 2. The Balaban J connectivity index is 1.98. The lowest BCUT2D eigenvalue weighted by molar-refractivity contribution is 0.111. The van der Waals surface area contributed by atoms with Crippen molar-refractivity contribution < 1.29 is 4.74 Å². The van der Waals surface area contributed by atoms with Crippen LogP contribution in [0.4, 0.5) is 0 Å². The molecule has 1 rings (SSSR count). The fraction of sp³-hybridized carbons (Fsp3) is 0.727. The number of ether oxygens (including phenoxy) is 1. The molecule has 0 spiro atoms. The smallest absolute Gasteiger partial charge is 0.103 e. The summed E-state index contributed by atoms with van der Waals surface area (Å²) in [5.41, 5.74) is 1.12. The predicted molar refractivity (Wildman–Crippen MR) is 60.7 cm³/mol. The zero-order valence-electron chi connectivity index (χ0n) is 9.84. The maximum absolute atomic E-state index is 5.45. The van der Waals surface area contributed by atoms with Crippen molar-refractivity contribution in [3.63, 3.8) is 0 Å². The van der Waals surface area contributed by atoms with E-state index in [1.165, 1.54) is 0 Å². The lowest BCUT2D eigenvalue weighted by Gasteiger charge is -2.07. The maximum Gasteiger partial charge on any atom is 0.103 e. The molecular weight excluding hydrogens is 190 g/mol. The Morgan fingerprint density at radius 1 is 1.53 bits per heavy atom. The molecule has 15 heavy (non-hydrogen) atoms. The molecule has 1 aromatic heterocycles. The van der Waals surface area contributed by atoms with Crippen LogP contribution in [0.1, 0.15) is 25.4 Å². The summed E-state index contributed by atoms with van der Waals surface area (Å²) in [7, 11) is 0. The lowest BCUT2D eigenvalue weighted by atomic mass is 10.2. The maximum atomic E-state index is 5.45. The van der Waals surface area contributed by atoms with E-state index in [2.05, 4.69) is 29.1 Å². The molecule has 0 bridgehead atoms. The molecule has 0 saturated heterocycles. The summed E-state index contributed by atoms with van der Waals surface area (Å²) < 4.78 is 5.45. The van der Waals surface area contributed by atoms with Crippen LogP contribution in [-0.2, 0) is 11.3 Å². The number of hydrogen-bond donors (Lipinski definition) is 2. The summed E-state index contributed by atoms with van der Waals surface area (Å²) in [4.78, 5) is 7.30. The van der Waals surface area contributed by atoms with Crippen LogP contribution in [-0.4, -0.2) is 29.7 Å². The molecule has 0 aromatic carbocycles. The first kappa shape index (κ1) is 12.2. The van der Waals surface area contributed by atoms with Crippen molar-refractivity contribution in [3.05, 3.63) is 17.7 Å². The van der Waals surface area contributed by atoms with Crippen molar-refractivity contribution >= 4 is 0 Å². The van der Waals surface area contributed by atoms with E-state index in [1.807, 2.05) is 13.1 Å². The van der Waals surface area contributed by atoms with Gasteiger partial charge in [0.1, 0.15) is 5.82 Å². The lowest BCUT2D eigenvalue weighted by Crippen LogP contribution is -2.20. The molecule has 0 atom stereocenters. The summed E-state index contributed by atoms with van der Waals surface area (Å²) >= 11 is 0. The average Bonchev–Trinajstić information content (AvgIpc) is 2.57. The third kappa shape index (κ3) is 5.54. The average molecular weight is 211 g/mol. The molecule has 0 aliphatic rings. The summed E-state index contributed by atoms with van der Waals surface area (Å²) in [6.07, 6.45) is 1.86. The fourth-order valence-corrected chi connectivity index (χ4v) is 1.25. The van der Waals surface area contributed by atoms with Crippen LogP contribution in [0.5, 0.6) is 0 Å². The normalized spacial score (nSPS) is 11.2. The standard InChI is InChI=1S/C11H21N3O/c1-9(2)8-15-5-4-12-6-11-7-13-10(3)14-11/h7,9,12H,4-6,8H2,1-3H3,(H,13,14). The van der Waals surface area contributed by atoms with E-state index < -0.39 is 0 Å². The second kappa shape index (κ2) is 6.58. The molecule has 0 amide bonds. The molecule has 0 saturated carbocycles. The molecular formula is C11H21N3O. The molecule has 0 aliphatic carbocycles. The van der Waals surface area contributed by atoms with Crippen LogP contribution in [0.2, 0.25) is 0 Å². The highest BCUT2D eigenvalue weighted by molar-refractivity contribution is 4.98. The first-order valence-electron chi connectivity index (χ1n) is 5.47. The van der Waals surface area contributed by atoms with Gasteiger partial charge in [0.15, 0.2) is 0 Å². The van der Waals surface area contributed by atoms with E-state index in [1.54, 1.807) is 0 Å². The van der Waals surface area contributed by atoms with Crippen molar-refractivity contribution in [1.82, 2.24) is 15.3 Å². The third-order valence-corrected chi connectivity index (χ3v) is 1.95. The van der Waals surface area contributed by atoms with Gasteiger partial charge in [0, 0.05) is 31.6 Å². The number of H-pyrrole nitrogens is 1. The van der Waals surface area contributed by atoms with E-state index in [0.717, 1.165) is 37.8 Å². The van der Waals surface area contributed by atoms with Crippen LogP contribution in [0.25, 0.3) is 0 Å². The van der Waals surface area contributed by atoms with Crippen LogP contribution in [0.3, 0.4) is 0 Å². The van der Waals surface area contributed by atoms with Gasteiger partial charge in [-0.2, -0.15) is 0 Å². The number of aromatic amines is 1.